The van der Waals surface area contributed by atoms with Gasteiger partial charge in [0.05, 0.1) is 12.5 Å². The second-order valence-corrected chi connectivity index (χ2v) is 3.88. The summed E-state index contributed by atoms with van der Waals surface area (Å²) in [7, 11) is 0. The molecule has 0 saturated heterocycles. The van der Waals surface area contributed by atoms with Gasteiger partial charge in [-0.3, -0.25) is 14.6 Å². The van der Waals surface area contributed by atoms with Crippen LogP contribution in [0.4, 0.5) is 0 Å². The lowest BCUT2D eigenvalue weighted by molar-refractivity contribution is -0.137. The summed E-state index contributed by atoms with van der Waals surface area (Å²) in [5, 5.41) is 13.2. The maximum Gasteiger partial charge on any atom is 0.305 e. The van der Waals surface area contributed by atoms with Crippen molar-refractivity contribution in [3.63, 3.8) is 0 Å². The zero-order valence-corrected chi connectivity index (χ0v) is 9.54. The average Bonchev–Trinajstić information content (AvgIpc) is 2.37. The predicted octanol–water partition coefficient (Wildman–Crippen LogP) is 1.50. The van der Waals surface area contributed by atoms with Crippen LogP contribution < -0.4 is 5.32 Å². The molecule has 0 unspecified atom stereocenters. The van der Waals surface area contributed by atoms with Crippen molar-refractivity contribution in [1.82, 2.24) is 10.3 Å². The number of aliphatic carboxylic acids is 1. The molecule has 0 fully saturated rings. The van der Waals surface area contributed by atoms with E-state index < -0.39 is 12.0 Å². The molecule has 5 nitrogen and oxygen atoms in total. The summed E-state index contributed by atoms with van der Waals surface area (Å²) >= 11 is 0. The third kappa shape index (κ3) is 2.45. The summed E-state index contributed by atoms with van der Waals surface area (Å²) in [6.45, 7) is 0. The molecule has 0 spiro atoms. The van der Waals surface area contributed by atoms with E-state index in [0.29, 0.717) is 12.0 Å². The smallest absolute Gasteiger partial charge is 0.305 e. The summed E-state index contributed by atoms with van der Waals surface area (Å²) in [5.74, 6) is -0.970. The number of carboxylic acid groups (broad SMARTS) is 1. The molecule has 0 bridgehead atoms. The van der Waals surface area contributed by atoms with Crippen molar-refractivity contribution in [3.05, 3.63) is 42.2 Å². The number of nitrogens with one attached hydrogen (secondary N) is 1. The predicted molar refractivity (Wildman–Crippen MR) is 65.9 cm³/mol. The number of pyridine rings is 1. The zero-order valence-electron chi connectivity index (χ0n) is 9.54. The van der Waals surface area contributed by atoms with Crippen molar-refractivity contribution in [2.24, 2.45) is 0 Å². The summed E-state index contributed by atoms with van der Waals surface area (Å²) in [5.41, 5.74) is 0.711. The first kappa shape index (κ1) is 12.0. The Morgan fingerprint density at radius 1 is 1.39 bits per heavy atom. The molecule has 5 heteroatoms. The molecular weight excluding hydrogens is 232 g/mol. The molecule has 1 aromatic carbocycles. The number of benzene rings is 1. The summed E-state index contributed by atoms with van der Waals surface area (Å²) < 4.78 is 0. The van der Waals surface area contributed by atoms with Gasteiger partial charge in [-0.25, -0.2) is 0 Å². The Balaban J connectivity index is 2.49. The Kier molecular flexibility index (Phi) is 3.52. The van der Waals surface area contributed by atoms with Crippen LogP contribution in [0.3, 0.4) is 0 Å². The molecule has 1 aromatic heterocycles. The Labute approximate surface area is 103 Å². The van der Waals surface area contributed by atoms with Gasteiger partial charge in [-0.1, -0.05) is 24.3 Å². The van der Waals surface area contributed by atoms with Gasteiger partial charge in [0.25, 0.3) is 0 Å². The minimum Gasteiger partial charge on any atom is -0.481 e. The first-order valence-electron chi connectivity index (χ1n) is 5.46. The molecule has 2 rings (SSSR count). The van der Waals surface area contributed by atoms with Crippen molar-refractivity contribution in [1.29, 1.82) is 0 Å². The van der Waals surface area contributed by atoms with Crippen LogP contribution in [-0.2, 0) is 9.59 Å². The van der Waals surface area contributed by atoms with Crippen LogP contribution in [0.1, 0.15) is 18.0 Å². The maximum absolute atomic E-state index is 10.8. The van der Waals surface area contributed by atoms with Crippen LogP contribution in [0.5, 0.6) is 0 Å². The number of nitrogens with zero attached hydrogens (tertiary/aromatic N) is 1. The van der Waals surface area contributed by atoms with Crippen LogP contribution in [0.15, 0.2) is 36.7 Å². The van der Waals surface area contributed by atoms with Gasteiger partial charge >= 0.3 is 5.97 Å². The minimum atomic E-state index is -0.970. The molecule has 1 amide bonds. The second-order valence-electron chi connectivity index (χ2n) is 3.88. The van der Waals surface area contributed by atoms with Crippen LogP contribution in [0.25, 0.3) is 10.8 Å². The molecule has 92 valence electrons. The lowest BCUT2D eigenvalue weighted by atomic mass is 9.99. The van der Waals surface area contributed by atoms with E-state index in [9.17, 15) is 9.59 Å². The van der Waals surface area contributed by atoms with Crippen LogP contribution in [0.2, 0.25) is 0 Å². The van der Waals surface area contributed by atoms with Crippen molar-refractivity contribution in [2.45, 2.75) is 12.5 Å². The number of hydrogen-bond donors (Lipinski definition) is 2. The van der Waals surface area contributed by atoms with Gasteiger partial charge in [-0.05, 0) is 5.39 Å². The lowest BCUT2D eigenvalue weighted by Gasteiger charge is -2.16. The Morgan fingerprint density at radius 3 is 2.89 bits per heavy atom. The molecule has 0 aliphatic heterocycles. The van der Waals surface area contributed by atoms with E-state index in [-0.39, 0.29) is 6.42 Å². The molecule has 0 radical (unpaired) electrons. The van der Waals surface area contributed by atoms with Crippen LogP contribution in [0, 0.1) is 0 Å². The molecule has 0 saturated carbocycles. The molecule has 0 aliphatic carbocycles. The molecule has 18 heavy (non-hydrogen) atoms. The topological polar surface area (TPSA) is 79.3 Å². The zero-order chi connectivity index (χ0) is 13.0. The fourth-order valence-electron chi connectivity index (χ4n) is 1.93. The minimum absolute atomic E-state index is 0.172. The highest BCUT2D eigenvalue weighted by molar-refractivity contribution is 5.85. The number of hydrogen-bond acceptors (Lipinski definition) is 3. The van der Waals surface area contributed by atoms with E-state index in [1.54, 1.807) is 12.4 Å². The van der Waals surface area contributed by atoms with Crippen molar-refractivity contribution in [3.8, 4) is 0 Å². The van der Waals surface area contributed by atoms with Crippen LogP contribution >= 0.6 is 0 Å². The lowest BCUT2D eigenvalue weighted by Crippen LogP contribution is -2.22. The van der Waals surface area contributed by atoms with E-state index in [1.807, 2.05) is 24.3 Å². The van der Waals surface area contributed by atoms with Crippen molar-refractivity contribution >= 4 is 23.2 Å². The van der Waals surface area contributed by atoms with Gasteiger partial charge in [-0.2, -0.15) is 0 Å². The second kappa shape index (κ2) is 5.27. The van der Waals surface area contributed by atoms with Gasteiger partial charge in [0.15, 0.2) is 0 Å². The molecule has 0 aliphatic rings. The number of aromatic nitrogens is 1. The fraction of sp³-hybridized carbons (Fsp3) is 0.154. The van der Waals surface area contributed by atoms with Gasteiger partial charge in [0.2, 0.25) is 6.41 Å². The first-order valence-corrected chi connectivity index (χ1v) is 5.46. The largest absolute Gasteiger partial charge is 0.481 e. The number of carboxylic acids is 1. The number of fused-ring (bicyclic) bond motifs is 1. The van der Waals surface area contributed by atoms with Gasteiger partial charge in [0, 0.05) is 23.3 Å². The summed E-state index contributed by atoms with van der Waals surface area (Å²) in [6, 6.07) is 6.95. The number of amides is 1. The SMILES string of the molecule is O=CN[C@H](CC(=O)O)c1cncc2ccccc12. The molecule has 1 heterocycles. The van der Waals surface area contributed by atoms with E-state index in [0.717, 1.165) is 10.8 Å². The highest BCUT2D eigenvalue weighted by atomic mass is 16.4. The Hall–Kier alpha value is -2.43. The van der Waals surface area contributed by atoms with Gasteiger partial charge in [0.1, 0.15) is 0 Å². The molecule has 2 aromatic rings. The number of rotatable bonds is 5. The van der Waals surface area contributed by atoms with Gasteiger partial charge < -0.3 is 10.4 Å². The molecule has 2 N–H and O–H groups in total. The van der Waals surface area contributed by atoms with E-state index in [2.05, 4.69) is 10.3 Å². The molecule has 1 atom stereocenters. The van der Waals surface area contributed by atoms with Gasteiger partial charge in [-0.15, -0.1) is 0 Å². The maximum atomic E-state index is 10.8. The van der Waals surface area contributed by atoms with Crippen molar-refractivity contribution in [2.75, 3.05) is 0 Å². The number of carbonyl (C=O) groups excluding carboxylic acids is 1. The summed E-state index contributed by atoms with van der Waals surface area (Å²) in [4.78, 5) is 25.5. The van der Waals surface area contributed by atoms with E-state index in [1.165, 1.54) is 0 Å². The highest BCUT2D eigenvalue weighted by Gasteiger charge is 2.17. The monoisotopic (exact) mass is 244 g/mol. The quantitative estimate of drug-likeness (QED) is 0.781. The third-order valence-electron chi connectivity index (χ3n) is 2.72. The highest BCUT2D eigenvalue weighted by Crippen LogP contribution is 2.24. The van der Waals surface area contributed by atoms with E-state index >= 15 is 0 Å². The first-order chi connectivity index (χ1) is 8.72. The summed E-state index contributed by atoms with van der Waals surface area (Å²) in [6.07, 6.45) is 3.63. The average molecular weight is 244 g/mol. The van der Waals surface area contributed by atoms with Crippen LogP contribution in [-0.4, -0.2) is 22.5 Å². The Bertz CT molecular complexity index is 578. The normalized spacial score (nSPS) is 12.0. The fourth-order valence-corrected chi connectivity index (χ4v) is 1.93. The Morgan fingerprint density at radius 2 is 2.17 bits per heavy atom. The standard InChI is InChI=1S/C13H12N2O3/c16-8-15-12(5-13(17)18)11-7-14-6-9-3-1-2-4-10(9)11/h1-4,6-8,12H,5H2,(H,15,16)(H,17,18)/t12-/m1/s1. The number of carbonyl (C=O) groups is 2. The third-order valence-corrected chi connectivity index (χ3v) is 2.72. The van der Waals surface area contributed by atoms with Crippen molar-refractivity contribution < 1.29 is 14.7 Å². The molecular formula is C13H12N2O3. The van der Waals surface area contributed by atoms with E-state index in [4.69, 9.17) is 5.11 Å².